The van der Waals surface area contributed by atoms with Crippen LogP contribution in [-0.4, -0.2) is 93.0 Å². The third-order valence-corrected chi connectivity index (χ3v) is 12.4. The summed E-state index contributed by atoms with van der Waals surface area (Å²) in [7, 11) is 0. The number of aliphatic hydroxyl groups excluding tert-OH is 2. The van der Waals surface area contributed by atoms with E-state index in [1.807, 2.05) is 42.5 Å². The van der Waals surface area contributed by atoms with Crippen molar-refractivity contribution in [2.24, 2.45) is 5.92 Å². The molecule has 73 heavy (non-hydrogen) atoms. The van der Waals surface area contributed by atoms with E-state index in [9.17, 15) is 57.7 Å². The Labute approximate surface area is 419 Å². The number of carboxylic acid groups (broad SMARTS) is 1. The van der Waals surface area contributed by atoms with E-state index in [2.05, 4.69) is 26.6 Å². The van der Waals surface area contributed by atoms with Gasteiger partial charge in [0.2, 0.25) is 17.7 Å². The quantitative estimate of drug-likeness (QED) is 0.0804. The maximum Gasteiger partial charge on any atom is 0.326 e. The fraction of sp³-hybridized carbons (Fsp3) is 0.232. The Balaban J connectivity index is 1.27. The predicted molar refractivity (Wildman–Crippen MR) is 265 cm³/mol. The number of aliphatic hydroxyl groups is 2. The average molecular weight is 994 g/mol. The Morgan fingerprint density at radius 2 is 1.03 bits per heavy atom. The number of halogens is 2. The summed E-state index contributed by atoms with van der Waals surface area (Å²) < 4.78 is 28.6. The van der Waals surface area contributed by atoms with Gasteiger partial charge >= 0.3 is 5.97 Å². The lowest BCUT2D eigenvalue weighted by atomic mass is 9.89. The highest BCUT2D eigenvalue weighted by Crippen LogP contribution is 2.23. The molecular weight excluding hydrogens is 941 g/mol. The summed E-state index contributed by atoms with van der Waals surface area (Å²) in [4.78, 5) is 97.8. The highest BCUT2D eigenvalue weighted by Gasteiger charge is 2.36. The van der Waals surface area contributed by atoms with Gasteiger partial charge in [-0.15, -0.1) is 0 Å². The first-order chi connectivity index (χ1) is 35.1. The zero-order valence-electron chi connectivity index (χ0n) is 39.3. The molecule has 2 bridgehead atoms. The van der Waals surface area contributed by atoms with Crippen LogP contribution in [0.1, 0.15) is 34.2 Å². The minimum Gasteiger partial charge on any atom is -0.480 e. The van der Waals surface area contributed by atoms with Crippen molar-refractivity contribution in [2.45, 2.75) is 74.9 Å². The molecule has 17 heteroatoms. The molecule has 2 aliphatic heterocycles. The lowest BCUT2D eigenvalue weighted by molar-refractivity contribution is -0.145. The number of anilines is 1. The average Bonchev–Trinajstić information content (AvgIpc) is 3.39. The molecule has 8 rings (SSSR count). The molecule has 0 fully saturated rings. The van der Waals surface area contributed by atoms with Crippen molar-refractivity contribution in [1.29, 1.82) is 0 Å². The molecule has 2 aliphatic rings. The van der Waals surface area contributed by atoms with Crippen LogP contribution in [0.3, 0.4) is 0 Å². The standard InChI is InChI=1S/C56H53F2N5O10/c57-42-25-20-37(27-43(42)58)31-46-53(69)61-45(29-36-16-21-39(22-17-36)38-14-8-3-9-15-38)52(68)60-44(28-33-10-4-1-5-11-33)48(64)32-40(51(67)63-47(56(72)73)30-34-12-6-2-7-13-34)26-35-18-23-41(24-19-35)59-54(70)49(65)50(66)55(71)62-46/h1-25,27,40,44-47,49-50,65-66H,26,28-32H2,(H,59,70)(H,60,68)(H,61,69)(H,62,71)(H,63,67)(H,72,73)/t40-,44-,45+,46-,47+,49-,50-/m1/s1. The number of aliphatic carboxylic acids is 1. The lowest BCUT2D eigenvalue weighted by Gasteiger charge is -2.27. The number of carbonyl (C=O) groups excluding carboxylic acids is 6. The van der Waals surface area contributed by atoms with Crippen molar-refractivity contribution in [3.8, 4) is 11.1 Å². The molecular formula is C56H53F2N5O10. The summed E-state index contributed by atoms with van der Waals surface area (Å²) in [5.74, 6) is -11.0. The molecule has 5 amide bonds. The normalized spacial score (nSPS) is 20.6. The van der Waals surface area contributed by atoms with Gasteiger partial charge in [0.25, 0.3) is 11.8 Å². The lowest BCUT2D eigenvalue weighted by Crippen LogP contribution is -2.59. The molecule has 0 saturated carbocycles. The van der Waals surface area contributed by atoms with Crippen molar-refractivity contribution < 1.29 is 57.7 Å². The Morgan fingerprint density at radius 1 is 0.534 bits per heavy atom. The molecule has 8 N–H and O–H groups in total. The van der Waals surface area contributed by atoms with Crippen molar-refractivity contribution in [3.05, 3.63) is 197 Å². The summed E-state index contributed by atoms with van der Waals surface area (Å²) in [6, 6.07) is 36.4. The van der Waals surface area contributed by atoms with Gasteiger partial charge in [0.05, 0.1) is 6.04 Å². The van der Waals surface area contributed by atoms with E-state index >= 15 is 0 Å². The topological polar surface area (TPSA) is 240 Å². The molecule has 0 spiro atoms. The number of benzene rings is 6. The molecule has 376 valence electrons. The van der Waals surface area contributed by atoms with Gasteiger partial charge < -0.3 is 41.9 Å². The van der Waals surface area contributed by atoms with E-state index in [1.54, 1.807) is 72.8 Å². The van der Waals surface area contributed by atoms with Gasteiger partial charge in [-0.05, 0) is 76.1 Å². The van der Waals surface area contributed by atoms with Crippen LogP contribution in [0, 0.1) is 17.6 Å². The van der Waals surface area contributed by atoms with Crippen LogP contribution in [0.5, 0.6) is 0 Å². The van der Waals surface area contributed by atoms with E-state index in [1.165, 1.54) is 24.3 Å². The maximum atomic E-state index is 14.8. The number of carboxylic acids is 1. The van der Waals surface area contributed by atoms with E-state index in [0.29, 0.717) is 22.3 Å². The summed E-state index contributed by atoms with van der Waals surface area (Å²) in [6.07, 6.45) is -6.42. The number of ketones is 1. The van der Waals surface area contributed by atoms with Gasteiger partial charge in [-0.1, -0.05) is 133 Å². The highest BCUT2D eigenvalue weighted by molar-refractivity contribution is 6.00. The molecule has 7 atom stereocenters. The van der Waals surface area contributed by atoms with Gasteiger partial charge in [-0.3, -0.25) is 28.8 Å². The number of Topliss-reactive ketones (excluding diaryl/α,β-unsaturated/α-hetero) is 1. The zero-order chi connectivity index (χ0) is 52.0. The van der Waals surface area contributed by atoms with Crippen LogP contribution in [0.2, 0.25) is 0 Å². The van der Waals surface area contributed by atoms with Crippen LogP contribution >= 0.6 is 0 Å². The predicted octanol–water partition coefficient (Wildman–Crippen LogP) is 4.42. The fourth-order valence-electron chi connectivity index (χ4n) is 8.41. The molecule has 0 unspecified atom stereocenters. The highest BCUT2D eigenvalue weighted by atomic mass is 19.2. The Bertz CT molecular complexity index is 2910. The van der Waals surface area contributed by atoms with E-state index in [-0.39, 0.29) is 36.9 Å². The van der Waals surface area contributed by atoms with Crippen LogP contribution in [0.4, 0.5) is 14.5 Å². The summed E-state index contributed by atoms with van der Waals surface area (Å²) in [5, 5.41) is 44.8. The molecule has 15 nitrogen and oxygen atoms in total. The first kappa shape index (κ1) is 52.4. The number of amides is 5. The second kappa shape index (κ2) is 24.6. The second-order valence-corrected chi connectivity index (χ2v) is 17.8. The van der Waals surface area contributed by atoms with Crippen LogP contribution in [0.25, 0.3) is 11.1 Å². The van der Waals surface area contributed by atoms with Gasteiger partial charge in [-0.25, -0.2) is 13.6 Å². The minimum absolute atomic E-state index is 0.000423. The monoisotopic (exact) mass is 993 g/mol. The van der Waals surface area contributed by atoms with Crippen LogP contribution < -0.4 is 26.6 Å². The number of fused-ring (bicyclic) bond motifs is 18. The van der Waals surface area contributed by atoms with Crippen LogP contribution in [0.15, 0.2) is 158 Å². The number of hydrogen-bond acceptors (Lipinski definition) is 9. The van der Waals surface area contributed by atoms with Gasteiger partial charge in [-0.2, -0.15) is 0 Å². The Hall–Kier alpha value is -8.41. The molecule has 0 aromatic heterocycles. The summed E-state index contributed by atoms with van der Waals surface area (Å²) in [5.41, 5.74) is 4.07. The molecule has 0 saturated heterocycles. The van der Waals surface area contributed by atoms with Crippen molar-refractivity contribution in [1.82, 2.24) is 21.3 Å². The largest absolute Gasteiger partial charge is 0.480 e. The van der Waals surface area contributed by atoms with E-state index in [0.717, 1.165) is 29.3 Å². The molecule has 6 aromatic rings. The first-order valence-electron chi connectivity index (χ1n) is 23.5. The fourth-order valence-corrected chi connectivity index (χ4v) is 8.41. The number of rotatable bonds is 12. The van der Waals surface area contributed by atoms with Crippen molar-refractivity contribution >= 4 is 47.0 Å². The van der Waals surface area contributed by atoms with Crippen LogP contribution in [-0.2, 0) is 65.7 Å². The number of nitrogens with one attached hydrogen (secondary N) is 5. The maximum absolute atomic E-state index is 14.8. The minimum atomic E-state index is -2.48. The third-order valence-electron chi connectivity index (χ3n) is 12.4. The smallest absolute Gasteiger partial charge is 0.326 e. The Kier molecular flexibility index (Phi) is 17.7. The number of hydrogen-bond donors (Lipinski definition) is 8. The SMILES string of the molecule is O=C(N[C@@H](Cc1ccccc1)C(=O)O)[C@H]1CC(=O)[C@@H](Cc2ccccc2)NC(=O)[C@H](Cc2ccc(-c3ccccc3)cc2)NC(=O)[C@@H](Cc2ccc(F)c(F)c2)NC(=O)[C@H](O)[C@@H](O)C(=O)Nc2ccc(cc2)C1. The zero-order valence-corrected chi connectivity index (χ0v) is 39.3. The van der Waals surface area contributed by atoms with Crippen molar-refractivity contribution in [3.63, 3.8) is 0 Å². The second-order valence-electron chi connectivity index (χ2n) is 17.8. The van der Waals surface area contributed by atoms with Gasteiger partial charge in [0.1, 0.15) is 18.1 Å². The summed E-state index contributed by atoms with van der Waals surface area (Å²) in [6.45, 7) is 0. The van der Waals surface area contributed by atoms with Gasteiger partial charge in [0, 0.05) is 37.3 Å². The molecule has 6 aromatic carbocycles. The summed E-state index contributed by atoms with van der Waals surface area (Å²) >= 11 is 0. The molecule has 0 aliphatic carbocycles. The van der Waals surface area contributed by atoms with Crippen molar-refractivity contribution in [2.75, 3.05) is 5.32 Å². The Morgan fingerprint density at radius 3 is 1.63 bits per heavy atom. The van der Waals surface area contributed by atoms with E-state index in [4.69, 9.17) is 0 Å². The van der Waals surface area contributed by atoms with Gasteiger partial charge in [0.15, 0.2) is 29.6 Å². The molecule has 2 heterocycles. The first-order valence-corrected chi connectivity index (χ1v) is 23.5. The van der Waals surface area contributed by atoms with E-state index < -0.39 is 108 Å². The molecule has 0 radical (unpaired) electrons. The number of carbonyl (C=O) groups is 7. The third kappa shape index (κ3) is 14.6.